The number of carbonyl (C=O) groups excluding carboxylic acids is 1. The summed E-state index contributed by atoms with van der Waals surface area (Å²) in [6.07, 6.45) is -2.74. The third kappa shape index (κ3) is 4.98. The fraction of sp³-hybridized carbons (Fsp3) is 0.250. The Morgan fingerprint density at radius 2 is 1.87 bits per heavy atom. The van der Waals surface area contributed by atoms with Crippen molar-refractivity contribution in [2.75, 3.05) is 0 Å². The molecule has 1 aromatic heterocycles. The molecule has 1 heterocycles. The van der Waals surface area contributed by atoms with E-state index in [2.05, 4.69) is 15.6 Å². The topological polar surface area (TPSA) is 54.0 Å². The fourth-order valence-electron chi connectivity index (χ4n) is 1.97. The standard InChI is InChI=1S/C16H16F3N3O/c1-11(12-5-7-13(8-6-12)16(17,18)19)22-15(23)21-10-14-4-2-3-9-20-14/h2-9,11H,10H2,1H3,(H2,21,22,23)/t11-/m1/s1. The van der Waals surface area contributed by atoms with Crippen LogP contribution in [-0.4, -0.2) is 11.0 Å². The third-order valence-corrected chi connectivity index (χ3v) is 3.24. The van der Waals surface area contributed by atoms with E-state index in [0.717, 1.165) is 12.1 Å². The molecule has 0 fully saturated rings. The van der Waals surface area contributed by atoms with Gasteiger partial charge >= 0.3 is 12.2 Å². The van der Waals surface area contributed by atoms with Gasteiger partial charge in [-0.15, -0.1) is 0 Å². The van der Waals surface area contributed by atoms with Crippen molar-refractivity contribution in [3.8, 4) is 0 Å². The van der Waals surface area contributed by atoms with Gasteiger partial charge in [-0.3, -0.25) is 4.98 Å². The highest BCUT2D eigenvalue weighted by Gasteiger charge is 2.30. The van der Waals surface area contributed by atoms with Gasteiger partial charge in [-0.25, -0.2) is 4.79 Å². The number of amides is 2. The van der Waals surface area contributed by atoms with Gasteiger partial charge in [0.2, 0.25) is 0 Å². The van der Waals surface area contributed by atoms with Crippen molar-refractivity contribution >= 4 is 6.03 Å². The number of rotatable bonds is 4. The van der Waals surface area contributed by atoms with E-state index in [1.54, 1.807) is 25.3 Å². The first-order valence-corrected chi connectivity index (χ1v) is 6.97. The molecule has 1 atom stereocenters. The summed E-state index contributed by atoms with van der Waals surface area (Å²) in [4.78, 5) is 15.9. The lowest BCUT2D eigenvalue weighted by atomic mass is 10.1. The zero-order valence-electron chi connectivity index (χ0n) is 12.4. The Morgan fingerprint density at radius 1 is 1.17 bits per heavy atom. The summed E-state index contributed by atoms with van der Waals surface area (Å²) in [6, 6.07) is 9.24. The van der Waals surface area contributed by atoms with Crippen LogP contribution in [0.15, 0.2) is 48.7 Å². The van der Waals surface area contributed by atoms with Crippen LogP contribution in [0.25, 0.3) is 0 Å². The molecule has 0 saturated carbocycles. The van der Waals surface area contributed by atoms with Gasteiger partial charge in [0.05, 0.1) is 23.8 Å². The number of hydrogen-bond donors (Lipinski definition) is 2. The zero-order valence-corrected chi connectivity index (χ0v) is 12.4. The zero-order chi connectivity index (χ0) is 16.9. The molecule has 23 heavy (non-hydrogen) atoms. The lowest BCUT2D eigenvalue weighted by Crippen LogP contribution is -2.36. The summed E-state index contributed by atoms with van der Waals surface area (Å²) in [7, 11) is 0. The molecule has 2 rings (SSSR count). The summed E-state index contributed by atoms with van der Waals surface area (Å²) >= 11 is 0. The van der Waals surface area contributed by atoms with E-state index in [0.29, 0.717) is 11.3 Å². The van der Waals surface area contributed by atoms with E-state index in [9.17, 15) is 18.0 Å². The highest BCUT2D eigenvalue weighted by molar-refractivity contribution is 5.74. The molecule has 0 unspecified atom stereocenters. The van der Waals surface area contributed by atoms with Gasteiger partial charge < -0.3 is 10.6 Å². The number of carbonyl (C=O) groups is 1. The van der Waals surface area contributed by atoms with E-state index in [1.807, 2.05) is 6.07 Å². The lowest BCUT2D eigenvalue weighted by Gasteiger charge is -2.16. The van der Waals surface area contributed by atoms with Gasteiger partial charge in [0.25, 0.3) is 0 Å². The number of halogens is 3. The minimum atomic E-state index is -4.37. The maximum Gasteiger partial charge on any atom is 0.416 e. The van der Waals surface area contributed by atoms with Crippen LogP contribution < -0.4 is 10.6 Å². The van der Waals surface area contributed by atoms with Crippen molar-refractivity contribution in [2.45, 2.75) is 25.7 Å². The molecule has 0 bridgehead atoms. The molecular formula is C16H16F3N3O. The van der Waals surface area contributed by atoms with Crippen molar-refractivity contribution in [3.63, 3.8) is 0 Å². The molecule has 0 saturated heterocycles. The molecule has 0 spiro atoms. The van der Waals surface area contributed by atoms with Gasteiger partial charge in [-0.05, 0) is 36.8 Å². The van der Waals surface area contributed by atoms with Gasteiger partial charge in [-0.2, -0.15) is 13.2 Å². The van der Waals surface area contributed by atoms with Crippen molar-refractivity contribution in [1.82, 2.24) is 15.6 Å². The normalized spacial score (nSPS) is 12.5. The van der Waals surface area contributed by atoms with Gasteiger partial charge in [-0.1, -0.05) is 18.2 Å². The Kier molecular flexibility index (Phi) is 5.20. The maximum absolute atomic E-state index is 12.5. The predicted octanol–water partition coefficient (Wildman–Crippen LogP) is 3.66. The second kappa shape index (κ2) is 7.13. The number of nitrogens with zero attached hydrogens (tertiary/aromatic N) is 1. The number of nitrogens with one attached hydrogen (secondary N) is 2. The largest absolute Gasteiger partial charge is 0.416 e. The Labute approximate surface area is 131 Å². The first kappa shape index (κ1) is 16.8. The van der Waals surface area contributed by atoms with Crippen molar-refractivity contribution in [3.05, 3.63) is 65.5 Å². The summed E-state index contributed by atoms with van der Waals surface area (Å²) in [6.45, 7) is 1.97. The SMILES string of the molecule is C[C@@H](NC(=O)NCc1ccccn1)c1ccc(C(F)(F)F)cc1. The maximum atomic E-state index is 12.5. The first-order chi connectivity index (χ1) is 10.9. The first-order valence-electron chi connectivity index (χ1n) is 6.97. The number of aromatic nitrogens is 1. The van der Waals surface area contributed by atoms with E-state index in [1.165, 1.54) is 12.1 Å². The smallest absolute Gasteiger partial charge is 0.332 e. The second-order valence-corrected chi connectivity index (χ2v) is 4.99. The number of pyridine rings is 1. The van der Waals surface area contributed by atoms with Crippen LogP contribution in [0.5, 0.6) is 0 Å². The Bertz CT molecular complexity index is 642. The summed E-state index contributed by atoms with van der Waals surface area (Å²) in [5, 5.41) is 5.31. The van der Waals surface area contributed by atoms with Crippen LogP contribution in [0.1, 0.15) is 29.8 Å². The van der Waals surface area contributed by atoms with E-state index >= 15 is 0 Å². The van der Waals surface area contributed by atoms with Gasteiger partial charge in [0, 0.05) is 6.20 Å². The molecule has 7 heteroatoms. The van der Waals surface area contributed by atoms with Gasteiger partial charge in [0.15, 0.2) is 0 Å². The number of hydrogen-bond acceptors (Lipinski definition) is 2. The van der Waals surface area contributed by atoms with E-state index in [-0.39, 0.29) is 6.54 Å². The monoisotopic (exact) mass is 323 g/mol. The number of benzene rings is 1. The van der Waals surface area contributed by atoms with Crippen LogP contribution in [0.4, 0.5) is 18.0 Å². The molecule has 0 radical (unpaired) electrons. The molecule has 122 valence electrons. The molecular weight excluding hydrogens is 307 g/mol. The molecule has 0 aliphatic heterocycles. The average Bonchev–Trinajstić information content (AvgIpc) is 2.53. The van der Waals surface area contributed by atoms with Crippen molar-refractivity contribution < 1.29 is 18.0 Å². The summed E-state index contributed by atoms with van der Waals surface area (Å²) < 4.78 is 37.5. The quantitative estimate of drug-likeness (QED) is 0.902. The highest BCUT2D eigenvalue weighted by atomic mass is 19.4. The highest BCUT2D eigenvalue weighted by Crippen LogP contribution is 2.29. The minimum Gasteiger partial charge on any atom is -0.332 e. The summed E-state index contributed by atoms with van der Waals surface area (Å²) in [5.41, 5.74) is 0.587. The molecule has 1 aromatic carbocycles. The van der Waals surface area contributed by atoms with Crippen LogP contribution in [0, 0.1) is 0 Å². The number of urea groups is 1. The molecule has 0 aliphatic carbocycles. The Morgan fingerprint density at radius 3 is 2.43 bits per heavy atom. The van der Waals surface area contributed by atoms with Crippen LogP contribution in [0.3, 0.4) is 0 Å². The van der Waals surface area contributed by atoms with Crippen LogP contribution in [-0.2, 0) is 12.7 Å². The third-order valence-electron chi connectivity index (χ3n) is 3.24. The lowest BCUT2D eigenvalue weighted by molar-refractivity contribution is -0.137. The molecule has 2 aromatic rings. The van der Waals surface area contributed by atoms with Crippen LogP contribution in [0.2, 0.25) is 0 Å². The minimum absolute atomic E-state index is 0.270. The van der Waals surface area contributed by atoms with E-state index < -0.39 is 23.8 Å². The average molecular weight is 323 g/mol. The second-order valence-electron chi connectivity index (χ2n) is 4.99. The van der Waals surface area contributed by atoms with Gasteiger partial charge in [0.1, 0.15) is 0 Å². The fourth-order valence-corrected chi connectivity index (χ4v) is 1.97. The van der Waals surface area contributed by atoms with E-state index in [4.69, 9.17) is 0 Å². The Hall–Kier alpha value is -2.57. The van der Waals surface area contributed by atoms with Crippen molar-refractivity contribution in [2.24, 2.45) is 0 Å². The number of alkyl halides is 3. The molecule has 2 N–H and O–H groups in total. The van der Waals surface area contributed by atoms with Crippen molar-refractivity contribution in [1.29, 1.82) is 0 Å². The van der Waals surface area contributed by atoms with Crippen LogP contribution >= 0.6 is 0 Å². The Balaban J connectivity index is 1.88. The molecule has 0 aliphatic rings. The predicted molar refractivity (Wildman–Crippen MR) is 79.5 cm³/mol. The summed E-state index contributed by atoms with van der Waals surface area (Å²) in [5.74, 6) is 0. The molecule has 4 nitrogen and oxygen atoms in total. The molecule has 2 amide bonds.